The number of alkyl halides is 3. The summed E-state index contributed by atoms with van der Waals surface area (Å²) in [5.41, 5.74) is 16.1. The van der Waals surface area contributed by atoms with Gasteiger partial charge in [0, 0.05) is 32.7 Å². The maximum absolute atomic E-state index is 15.1. The minimum atomic E-state index is -4.60. The van der Waals surface area contributed by atoms with E-state index in [0.29, 0.717) is 22.4 Å². The number of nitriles is 1. The molecule has 2 aromatic heterocycles. The summed E-state index contributed by atoms with van der Waals surface area (Å²) >= 11 is 0. The highest BCUT2D eigenvalue weighted by molar-refractivity contribution is 6.14. The van der Waals surface area contributed by atoms with Crippen LogP contribution in [-0.2, 0) is 6.18 Å². The van der Waals surface area contributed by atoms with Gasteiger partial charge >= 0.3 is 6.18 Å². The summed E-state index contributed by atoms with van der Waals surface area (Å²) < 4.78 is 49.9. The van der Waals surface area contributed by atoms with Crippen molar-refractivity contribution in [2.75, 3.05) is 0 Å². The summed E-state index contributed by atoms with van der Waals surface area (Å²) in [5, 5.41) is 14.7. The summed E-state index contributed by atoms with van der Waals surface area (Å²) in [6.45, 7) is 1.74. The monoisotopic (exact) mass is 971 g/mol. The van der Waals surface area contributed by atoms with Gasteiger partial charge in [-0.05, 0) is 141 Å². The van der Waals surface area contributed by atoms with Crippen molar-refractivity contribution in [3.63, 3.8) is 0 Å². The molecular formula is C69H44F3N3. The molecule has 0 aliphatic carbocycles. The molecule has 13 aromatic rings. The van der Waals surface area contributed by atoms with Crippen molar-refractivity contribution >= 4 is 43.6 Å². The molecular weight excluding hydrogens is 928 g/mol. The molecule has 0 saturated carbocycles. The Labute approximate surface area is 431 Å². The quantitative estimate of drug-likeness (QED) is 0.149. The normalized spacial score (nSPS) is 11.7. The van der Waals surface area contributed by atoms with Crippen molar-refractivity contribution in [2.45, 2.75) is 13.1 Å². The van der Waals surface area contributed by atoms with Crippen LogP contribution in [0.2, 0.25) is 0 Å². The average molecular weight is 972 g/mol. The average Bonchev–Trinajstić information content (AvgIpc) is 4.03. The van der Waals surface area contributed by atoms with Gasteiger partial charge in [-0.15, -0.1) is 0 Å². The highest BCUT2D eigenvalue weighted by atomic mass is 19.4. The number of nitrogens with zero attached hydrogens (tertiary/aromatic N) is 3. The lowest BCUT2D eigenvalue weighted by Crippen LogP contribution is -2.08. The molecule has 0 unspecified atom stereocenters. The van der Waals surface area contributed by atoms with E-state index in [2.05, 4.69) is 137 Å². The van der Waals surface area contributed by atoms with Crippen molar-refractivity contribution in [1.29, 1.82) is 5.26 Å². The van der Waals surface area contributed by atoms with Crippen molar-refractivity contribution in [3.05, 3.63) is 265 Å². The number of hydrogen-bond donors (Lipinski definition) is 0. The second-order valence-electron chi connectivity index (χ2n) is 19.1. The van der Waals surface area contributed by atoms with Crippen LogP contribution in [0, 0.1) is 18.3 Å². The van der Waals surface area contributed by atoms with Crippen LogP contribution in [0.4, 0.5) is 13.2 Å². The summed E-state index contributed by atoms with van der Waals surface area (Å²) in [7, 11) is 0. The fourth-order valence-electron chi connectivity index (χ4n) is 11.2. The third-order valence-electron chi connectivity index (χ3n) is 14.7. The largest absolute Gasteiger partial charge is 0.417 e. The van der Waals surface area contributed by atoms with E-state index in [0.717, 1.165) is 105 Å². The summed E-state index contributed by atoms with van der Waals surface area (Å²) in [6, 6.07) is 85.6. The van der Waals surface area contributed by atoms with Crippen LogP contribution in [0.5, 0.6) is 0 Å². The van der Waals surface area contributed by atoms with Crippen molar-refractivity contribution in [1.82, 2.24) is 9.13 Å². The van der Waals surface area contributed by atoms with Crippen molar-refractivity contribution in [3.8, 4) is 84.2 Å². The molecule has 75 heavy (non-hydrogen) atoms. The molecule has 6 heteroatoms. The number of benzene rings is 11. The molecule has 0 amide bonds. The van der Waals surface area contributed by atoms with Crippen LogP contribution < -0.4 is 0 Å². The van der Waals surface area contributed by atoms with Gasteiger partial charge in [-0.1, -0.05) is 176 Å². The smallest absolute Gasteiger partial charge is 0.309 e. The Morgan fingerprint density at radius 3 is 1.08 bits per heavy atom. The number of halogens is 3. The number of fused-ring (bicyclic) bond motifs is 6. The van der Waals surface area contributed by atoms with Crippen LogP contribution in [0.3, 0.4) is 0 Å². The van der Waals surface area contributed by atoms with E-state index in [-0.39, 0.29) is 5.56 Å². The molecule has 0 aliphatic heterocycles. The third kappa shape index (κ3) is 7.85. The first-order valence-electron chi connectivity index (χ1n) is 24.9. The Morgan fingerprint density at radius 1 is 0.347 bits per heavy atom. The molecule has 3 nitrogen and oxygen atoms in total. The first kappa shape index (κ1) is 45.2. The van der Waals surface area contributed by atoms with Gasteiger partial charge in [0.2, 0.25) is 0 Å². The van der Waals surface area contributed by atoms with Gasteiger partial charge in [-0.25, -0.2) is 0 Å². The van der Waals surface area contributed by atoms with Gasteiger partial charge < -0.3 is 9.13 Å². The summed E-state index contributed by atoms with van der Waals surface area (Å²) in [6.07, 6.45) is -4.60. The van der Waals surface area contributed by atoms with Crippen LogP contribution >= 0.6 is 0 Å². The van der Waals surface area contributed by atoms with Crippen molar-refractivity contribution in [2.24, 2.45) is 0 Å². The predicted molar refractivity (Wildman–Crippen MR) is 302 cm³/mol. The Bertz CT molecular complexity index is 4200. The van der Waals surface area contributed by atoms with E-state index >= 15 is 13.2 Å². The zero-order valence-corrected chi connectivity index (χ0v) is 40.6. The fraction of sp³-hybridized carbons (Fsp3) is 0.0290. The van der Waals surface area contributed by atoms with Crippen LogP contribution in [0.1, 0.15) is 16.7 Å². The Kier molecular flexibility index (Phi) is 10.9. The van der Waals surface area contributed by atoms with Crippen molar-refractivity contribution < 1.29 is 13.2 Å². The number of hydrogen-bond acceptors (Lipinski definition) is 1. The zero-order valence-electron chi connectivity index (χ0n) is 40.6. The topological polar surface area (TPSA) is 33.6 Å². The molecule has 0 bridgehead atoms. The number of aromatic nitrogens is 2. The van der Waals surface area contributed by atoms with E-state index in [9.17, 15) is 5.26 Å². The summed E-state index contributed by atoms with van der Waals surface area (Å²) in [5.74, 6) is 0. The van der Waals surface area contributed by atoms with Gasteiger partial charge in [0.05, 0.1) is 50.6 Å². The summed E-state index contributed by atoms with van der Waals surface area (Å²) in [4.78, 5) is 0. The molecule has 0 atom stereocenters. The number of aryl methyl sites for hydroxylation is 1. The highest BCUT2D eigenvalue weighted by Crippen LogP contribution is 2.47. The third-order valence-corrected chi connectivity index (χ3v) is 14.7. The highest BCUT2D eigenvalue weighted by Gasteiger charge is 2.34. The SMILES string of the molecule is Cc1cccc(C(F)(F)F)c1-c1ccc(-c2ccc(C#N)cc2-n2c3ccc(-c4ccccc4)cc3c3cc(-c4ccccc4)ccc32)c(-n2c3ccc(-c4ccccc4)cc3c3cc(-c4ccccc4)ccc32)c1. The van der Waals surface area contributed by atoms with Gasteiger partial charge in [0.25, 0.3) is 0 Å². The zero-order chi connectivity index (χ0) is 50.8. The minimum absolute atomic E-state index is 0.127. The van der Waals surface area contributed by atoms with Gasteiger partial charge in [0.1, 0.15) is 0 Å². The van der Waals surface area contributed by atoms with Gasteiger partial charge in [-0.3, -0.25) is 0 Å². The maximum atomic E-state index is 15.1. The van der Waals surface area contributed by atoms with Gasteiger partial charge in [-0.2, -0.15) is 18.4 Å². The lowest BCUT2D eigenvalue weighted by molar-refractivity contribution is -0.137. The molecule has 356 valence electrons. The Morgan fingerprint density at radius 2 is 0.707 bits per heavy atom. The lowest BCUT2D eigenvalue weighted by atomic mass is 9.91. The molecule has 13 rings (SSSR count). The number of rotatable bonds is 8. The van der Waals surface area contributed by atoms with Crippen LogP contribution in [-0.4, -0.2) is 9.13 Å². The molecule has 0 radical (unpaired) electrons. The maximum Gasteiger partial charge on any atom is 0.417 e. The van der Waals surface area contributed by atoms with E-state index < -0.39 is 11.7 Å². The minimum Gasteiger partial charge on any atom is -0.309 e. The van der Waals surface area contributed by atoms with E-state index in [1.165, 1.54) is 12.1 Å². The standard InChI is InChI=1S/C69H44F3N3/c1-44-15-14-24-61(69(70,71)72)68(44)54-26-32-56(67(42-54)75-64-35-29-52(48-20-10-4-11-21-48)40-59(64)60-41-53(30-36-65(60)75)49-22-12-5-13-23-49)55-31-25-45(43-73)37-66(55)74-62-33-27-50(46-16-6-2-7-17-46)38-57(62)58-39-51(28-34-63(58)74)47-18-8-3-9-19-47/h2-42H,1H3. The van der Waals surface area contributed by atoms with E-state index in [1.54, 1.807) is 13.0 Å². The Balaban J connectivity index is 1.13. The van der Waals surface area contributed by atoms with E-state index in [1.807, 2.05) is 109 Å². The molecule has 0 spiro atoms. The molecule has 0 saturated heterocycles. The first-order valence-corrected chi connectivity index (χ1v) is 24.9. The van der Waals surface area contributed by atoms with Crippen LogP contribution in [0.25, 0.3) is 122 Å². The molecule has 0 fully saturated rings. The second kappa shape index (κ2) is 18.1. The molecule has 2 heterocycles. The van der Waals surface area contributed by atoms with E-state index in [4.69, 9.17) is 0 Å². The van der Waals surface area contributed by atoms with Gasteiger partial charge in [0.15, 0.2) is 0 Å². The first-order chi connectivity index (χ1) is 36.7. The molecule has 0 N–H and O–H groups in total. The Hall–Kier alpha value is -9.70. The molecule has 11 aromatic carbocycles. The van der Waals surface area contributed by atoms with Crippen LogP contribution in [0.15, 0.2) is 249 Å². The fourth-order valence-corrected chi connectivity index (χ4v) is 11.2. The molecule has 0 aliphatic rings. The lowest BCUT2D eigenvalue weighted by Gasteiger charge is -2.21. The second-order valence-corrected chi connectivity index (χ2v) is 19.1. The predicted octanol–water partition coefficient (Wildman–Crippen LogP) is 19.1.